The van der Waals surface area contributed by atoms with Crippen LogP contribution in [0.3, 0.4) is 0 Å². The van der Waals surface area contributed by atoms with E-state index in [4.69, 9.17) is 0 Å². The number of hydrogen-bond donors (Lipinski definition) is 0. The second-order valence-electron chi connectivity index (χ2n) is 9.98. The van der Waals surface area contributed by atoms with Gasteiger partial charge in [-0.15, -0.1) is 18.9 Å². The van der Waals surface area contributed by atoms with E-state index in [-0.39, 0.29) is 24.8 Å². The van der Waals surface area contributed by atoms with Gasteiger partial charge in [0, 0.05) is 0 Å². The Labute approximate surface area is 278 Å². The average Bonchev–Trinajstić information content (AvgIpc) is 3.61. The molecule has 0 aromatic heterocycles. The summed E-state index contributed by atoms with van der Waals surface area (Å²) < 4.78 is 1.42. The first-order chi connectivity index (χ1) is 19.7. The molecule has 0 heterocycles. The molecule has 0 unspecified atom stereocenters. The Morgan fingerprint density at radius 2 is 1.21 bits per heavy atom. The SMILES string of the molecule is CC1=C(Cc2ccccc2)C[C-]=C1.[Cl-].[Cl-].[Zr+2]=[C](c1ccccc1)c1ccccc1.[c-]1cccc2c1Cc1ccccc1-2. The Morgan fingerprint density at radius 3 is 1.81 bits per heavy atom. The van der Waals surface area contributed by atoms with E-state index in [2.05, 4.69) is 153 Å². The largest absolute Gasteiger partial charge is 0.179 e. The average molecular weight is 663 g/mol. The molecule has 0 amide bonds. The molecule has 0 spiro atoms. The summed E-state index contributed by atoms with van der Waals surface area (Å²) in [5.74, 6) is 0. The van der Waals surface area contributed by atoms with E-state index in [9.17, 15) is 0 Å². The van der Waals surface area contributed by atoms with Crippen LogP contribution in [-0.2, 0) is 37.1 Å². The van der Waals surface area contributed by atoms with Crippen molar-refractivity contribution >= 4 is 3.21 Å². The van der Waals surface area contributed by atoms with E-state index in [0.717, 1.165) is 19.3 Å². The second kappa shape index (κ2) is 17.1. The maximum Gasteiger partial charge on any atom is -0.0253 e. The van der Waals surface area contributed by atoms with Gasteiger partial charge in [-0.05, 0) is 18.4 Å². The minimum absolute atomic E-state index is 0. The Hall–Kier alpha value is -3.09. The van der Waals surface area contributed by atoms with Crippen molar-refractivity contribution in [2.24, 2.45) is 0 Å². The Bertz CT molecular complexity index is 1540. The fraction of sp³-hybridized carbons (Fsp3) is 0.103. The summed E-state index contributed by atoms with van der Waals surface area (Å²) in [6, 6.07) is 49.8. The molecule has 42 heavy (non-hydrogen) atoms. The summed E-state index contributed by atoms with van der Waals surface area (Å²) in [6.07, 6.45) is 8.48. The van der Waals surface area contributed by atoms with E-state index >= 15 is 0 Å². The van der Waals surface area contributed by atoms with Crippen molar-refractivity contribution in [3.63, 3.8) is 0 Å². The molecule has 7 rings (SSSR count). The van der Waals surface area contributed by atoms with Gasteiger partial charge >= 0.3 is 99.2 Å². The number of allylic oxidation sites excluding steroid dienone is 4. The van der Waals surface area contributed by atoms with E-state index < -0.39 is 0 Å². The van der Waals surface area contributed by atoms with Crippen molar-refractivity contribution in [2.45, 2.75) is 26.2 Å². The minimum Gasteiger partial charge on any atom is -0.179 e. The zero-order valence-corrected chi connectivity index (χ0v) is 27.6. The summed E-state index contributed by atoms with van der Waals surface area (Å²) in [7, 11) is 0. The fourth-order valence-corrected chi connectivity index (χ4v) is 5.81. The van der Waals surface area contributed by atoms with Gasteiger partial charge in [-0.1, -0.05) is 65.7 Å². The smallest absolute Gasteiger partial charge is 0.0253 e. The van der Waals surface area contributed by atoms with Crippen LogP contribution in [0.1, 0.15) is 41.2 Å². The summed E-state index contributed by atoms with van der Waals surface area (Å²) in [5.41, 5.74) is 12.5. The molecule has 0 saturated carbocycles. The first-order valence-electron chi connectivity index (χ1n) is 13.8. The summed E-state index contributed by atoms with van der Waals surface area (Å²) in [6.45, 7) is 2.16. The van der Waals surface area contributed by atoms with Crippen LogP contribution in [0.5, 0.6) is 0 Å². The molecule has 2 aliphatic carbocycles. The predicted octanol–water partition coefficient (Wildman–Crippen LogP) is 3.18. The minimum atomic E-state index is 0. The predicted molar refractivity (Wildman–Crippen MR) is 165 cm³/mol. The van der Waals surface area contributed by atoms with Crippen LogP contribution in [-0.4, -0.2) is 3.21 Å². The van der Waals surface area contributed by atoms with E-state index in [0.29, 0.717) is 0 Å². The van der Waals surface area contributed by atoms with Crippen LogP contribution < -0.4 is 24.8 Å². The van der Waals surface area contributed by atoms with Gasteiger partial charge in [0.25, 0.3) is 0 Å². The maximum absolute atomic E-state index is 3.30. The zero-order valence-electron chi connectivity index (χ0n) is 23.7. The number of halogens is 2. The number of rotatable bonds is 4. The van der Waals surface area contributed by atoms with Crippen LogP contribution in [0.4, 0.5) is 0 Å². The van der Waals surface area contributed by atoms with Crippen molar-refractivity contribution in [2.75, 3.05) is 0 Å². The number of hydrogen-bond acceptors (Lipinski definition) is 0. The molecule has 5 aromatic carbocycles. The second-order valence-corrected chi connectivity index (χ2v) is 11.2. The normalized spacial score (nSPS) is 11.9. The van der Waals surface area contributed by atoms with Crippen LogP contribution in [0, 0.1) is 12.1 Å². The van der Waals surface area contributed by atoms with Gasteiger partial charge in [0.05, 0.1) is 0 Å². The van der Waals surface area contributed by atoms with Crippen molar-refractivity contribution in [1.29, 1.82) is 0 Å². The van der Waals surface area contributed by atoms with Gasteiger partial charge in [-0.25, -0.2) is 11.6 Å². The third-order valence-corrected chi connectivity index (χ3v) is 8.61. The molecule has 0 bridgehead atoms. The van der Waals surface area contributed by atoms with Gasteiger partial charge in [-0.3, -0.25) is 6.08 Å². The van der Waals surface area contributed by atoms with Crippen molar-refractivity contribution in [1.82, 2.24) is 0 Å². The quantitative estimate of drug-likeness (QED) is 0.255. The Kier molecular flexibility index (Phi) is 13.6. The van der Waals surface area contributed by atoms with Gasteiger partial charge in [0.2, 0.25) is 0 Å². The van der Waals surface area contributed by atoms with Crippen LogP contribution in [0.2, 0.25) is 0 Å². The molecular formula is C39H32Cl2Zr-2. The fourth-order valence-electron chi connectivity index (χ4n) is 4.99. The van der Waals surface area contributed by atoms with Crippen LogP contribution >= 0.6 is 0 Å². The first kappa shape index (κ1) is 33.4. The molecule has 0 nitrogen and oxygen atoms in total. The van der Waals surface area contributed by atoms with Crippen LogP contribution in [0.15, 0.2) is 151 Å². The molecule has 0 N–H and O–H groups in total. The van der Waals surface area contributed by atoms with E-state index in [1.807, 2.05) is 6.07 Å². The third-order valence-electron chi connectivity index (χ3n) is 7.19. The molecule has 0 saturated heterocycles. The van der Waals surface area contributed by atoms with Gasteiger partial charge in [0.1, 0.15) is 0 Å². The van der Waals surface area contributed by atoms with Gasteiger partial charge in [0.15, 0.2) is 0 Å². The van der Waals surface area contributed by atoms with Crippen molar-refractivity contribution in [3.8, 4) is 11.1 Å². The van der Waals surface area contributed by atoms with E-state index in [1.54, 1.807) is 0 Å². The molecule has 0 atom stereocenters. The first-order valence-corrected chi connectivity index (χ1v) is 15.0. The zero-order chi connectivity index (χ0) is 27.6. The summed E-state index contributed by atoms with van der Waals surface area (Å²) in [4.78, 5) is 0. The Morgan fingerprint density at radius 1 is 0.667 bits per heavy atom. The van der Waals surface area contributed by atoms with Crippen molar-refractivity contribution < 1.29 is 49.0 Å². The Balaban J connectivity index is 0.000000169. The van der Waals surface area contributed by atoms with Crippen LogP contribution in [0.25, 0.3) is 11.1 Å². The monoisotopic (exact) mass is 660 g/mol. The molecule has 0 radical (unpaired) electrons. The molecule has 208 valence electrons. The molecule has 5 aromatic rings. The van der Waals surface area contributed by atoms with Crippen molar-refractivity contribution in [3.05, 3.63) is 191 Å². The summed E-state index contributed by atoms with van der Waals surface area (Å²) >= 11 is 1.46. The topological polar surface area (TPSA) is 0 Å². The number of benzene rings is 5. The standard InChI is InChI=1S/C13H9.C13H13.C13H10.2ClH.Zr/c1-3-7-12-10(5-1)9-11-6-2-4-8-13(11)12;1-11-6-5-9-13(11)10-12-7-3-2-4-8-12;1-3-7-12(8-4-1)11-13-9-5-2-6-10-13;;;/h1-5,7-8H,9H2;2-4,6-8H,9-10H2,1H3;1-10H;2*1H;/q2*-1;;;;+2/p-2. The molecule has 0 fully saturated rings. The molecule has 2 aliphatic rings. The maximum atomic E-state index is 3.30. The molecule has 0 aliphatic heterocycles. The molecule has 3 heteroatoms. The number of fused-ring (bicyclic) bond motifs is 3. The molecular weight excluding hydrogens is 631 g/mol. The summed E-state index contributed by atoms with van der Waals surface area (Å²) in [5, 5.41) is 0. The van der Waals surface area contributed by atoms with Gasteiger partial charge in [-0.2, -0.15) is 35.4 Å². The third kappa shape index (κ3) is 8.96. The van der Waals surface area contributed by atoms with Gasteiger partial charge < -0.3 is 24.8 Å². The van der Waals surface area contributed by atoms with E-state index in [1.165, 1.54) is 77.5 Å².